The van der Waals surface area contributed by atoms with E-state index >= 15 is 0 Å². The van der Waals surface area contributed by atoms with Crippen LogP contribution in [0.15, 0.2) is 12.3 Å². The van der Waals surface area contributed by atoms with E-state index in [2.05, 4.69) is 4.98 Å². The van der Waals surface area contributed by atoms with E-state index in [-0.39, 0.29) is 5.91 Å². The van der Waals surface area contributed by atoms with Crippen LogP contribution in [0.2, 0.25) is 5.15 Å². The van der Waals surface area contributed by atoms with E-state index in [1.165, 1.54) is 31.5 Å². The van der Waals surface area contributed by atoms with Crippen molar-refractivity contribution < 1.29 is 4.79 Å². The average Bonchev–Trinajstić information content (AvgIpc) is 2.25. The number of carbonyl (C=O) groups excluding carboxylic acids is 1. The lowest BCUT2D eigenvalue weighted by Crippen LogP contribution is -2.34. The van der Waals surface area contributed by atoms with Crippen molar-refractivity contribution in [2.45, 2.75) is 19.3 Å². The zero-order valence-corrected chi connectivity index (χ0v) is 10.6. The molecule has 0 radical (unpaired) electrons. The number of pyridine rings is 1. The predicted molar refractivity (Wildman–Crippen MR) is 68.0 cm³/mol. The number of carbonyl (C=O) groups is 1. The van der Waals surface area contributed by atoms with Crippen LogP contribution in [0.25, 0.3) is 0 Å². The molecule has 17 heavy (non-hydrogen) atoms. The summed E-state index contributed by atoms with van der Waals surface area (Å²) in [5, 5.41) is 0.291. The van der Waals surface area contributed by atoms with E-state index in [4.69, 9.17) is 17.3 Å². The summed E-state index contributed by atoms with van der Waals surface area (Å²) in [5.41, 5.74) is 6.55. The molecule has 4 nitrogen and oxygen atoms in total. The molecule has 1 aromatic rings. The molecule has 1 heterocycles. The predicted octanol–water partition coefficient (Wildman–Crippen LogP) is 2.19. The van der Waals surface area contributed by atoms with E-state index in [0.29, 0.717) is 22.3 Å². The topological polar surface area (TPSA) is 59.2 Å². The van der Waals surface area contributed by atoms with E-state index in [1.807, 2.05) is 0 Å². The number of nitrogens with zero attached hydrogens (tertiary/aromatic N) is 2. The van der Waals surface area contributed by atoms with Crippen molar-refractivity contribution in [2.75, 3.05) is 19.3 Å². The molecule has 1 saturated carbocycles. The first-order valence-corrected chi connectivity index (χ1v) is 6.12. The van der Waals surface area contributed by atoms with Crippen molar-refractivity contribution in [3.05, 3.63) is 23.0 Å². The maximum Gasteiger partial charge on any atom is 0.255 e. The Hall–Kier alpha value is -1.29. The fourth-order valence-electron chi connectivity index (χ4n) is 1.98. The summed E-state index contributed by atoms with van der Waals surface area (Å²) in [4.78, 5) is 17.7. The van der Waals surface area contributed by atoms with Gasteiger partial charge in [-0.05, 0) is 24.8 Å². The second kappa shape index (κ2) is 4.92. The Balaban J connectivity index is 2.09. The second-order valence-corrected chi connectivity index (χ2v) is 4.96. The normalized spacial score (nSPS) is 15.4. The molecule has 1 fully saturated rings. The van der Waals surface area contributed by atoms with Gasteiger partial charge in [0.2, 0.25) is 0 Å². The average molecular weight is 254 g/mol. The molecule has 0 atom stereocenters. The Kier molecular flexibility index (Phi) is 3.52. The van der Waals surface area contributed by atoms with Gasteiger partial charge in [0, 0.05) is 13.6 Å². The van der Waals surface area contributed by atoms with Gasteiger partial charge in [-0.15, -0.1) is 0 Å². The summed E-state index contributed by atoms with van der Waals surface area (Å²) in [6.07, 6.45) is 5.12. The van der Waals surface area contributed by atoms with E-state index in [1.54, 1.807) is 11.9 Å². The van der Waals surface area contributed by atoms with Gasteiger partial charge in [-0.25, -0.2) is 4.98 Å². The van der Waals surface area contributed by atoms with Crippen molar-refractivity contribution in [1.29, 1.82) is 0 Å². The molecule has 0 spiro atoms. The number of anilines is 1. The minimum Gasteiger partial charge on any atom is -0.397 e. The number of rotatable bonds is 3. The molecule has 92 valence electrons. The molecule has 1 aliphatic rings. The molecule has 0 aromatic carbocycles. The number of hydrogen-bond donors (Lipinski definition) is 1. The minimum absolute atomic E-state index is 0.0845. The summed E-state index contributed by atoms with van der Waals surface area (Å²) in [6, 6.07) is 1.52. The van der Waals surface area contributed by atoms with Crippen molar-refractivity contribution in [3.63, 3.8) is 0 Å². The van der Waals surface area contributed by atoms with Gasteiger partial charge in [0.1, 0.15) is 5.15 Å². The first-order valence-electron chi connectivity index (χ1n) is 5.74. The molecule has 5 heteroatoms. The van der Waals surface area contributed by atoms with E-state index in [9.17, 15) is 4.79 Å². The third-order valence-electron chi connectivity index (χ3n) is 3.24. The summed E-state index contributed by atoms with van der Waals surface area (Å²) in [6.45, 7) is 0.790. The molecular formula is C12H16ClN3O. The number of amides is 1. The Morgan fingerprint density at radius 3 is 2.94 bits per heavy atom. The van der Waals surface area contributed by atoms with Crippen LogP contribution in [0.4, 0.5) is 5.69 Å². The molecule has 1 aromatic heterocycles. The van der Waals surface area contributed by atoms with Gasteiger partial charge in [0.15, 0.2) is 0 Å². The van der Waals surface area contributed by atoms with Crippen molar-refractivity contribution in [3.8, 4) is 0 Å². The molecule has 0 saturated heterocycles. The molecule has 0 aliphatic heterocycles. The molecule has 2 rings (SSSR count). The summed E-state index contributed by atoms with van der Waals surface area (Å²) in [7, 11) is 1.80. The molecule has 0 bridgehead atoms. The fourth-order valence-corrected chi connectivity index (χ4v) is 2.13. The number of nitrogens with two attached hydrogens (primary N) is 1. The zero-order chi connectivity index (χ0) is 12.4. The van der Waals surface area contributed by atoms with Crippen LogP contribution >= 0.6 is 11.6 Å². The van der Waals surface area contributed by atoms with Crippen LogP contribution < -0.4 is 5.73 Å². The Morgan fingerprint density at radius 1 is 1.65 bits per heavy atom. The zero-order valence-electron chi connectivity index (χ0n) is 9.82. The Morgan fingerprint density at radius 2 is 2.35 bits per heavy atom. The van der Waals surface area contributed by atoms with Crippen LogP contribution in [0.1, 0.15) is 29.6 Å². The first-order chi connectivity index (χ1) is 8.08. The van der Waals surface area contributed by atoms with Gasteiger partial charge >= 0.3 is 0 Å². The Bertz CT molecular complexity index is 432. The van der Waals surface area contributed by atoms with Gasteiger partial charge in [-0.1, -0.05) is 18.0 Å². The lowest BCUT2D eigenvalue weighted by Gasteiger charge is -2.30. The lowest BCUT2D eigenvalue weighted by atomic mass is 9.85. The standard InChI is InChI=1S/C12H16ClN3O/c1-16(7-8-3-2-4-8)12(17)9-5-11(13)15-6-10(9)14/h5-6,8H,2-4,7,14H2,1H3. The number of hydrogen-bond acceptors (Lipinski definition) is 3. The highest BCUT2D eigenvalue weighted by molar-refractivity contribution is 6.29. The highest BCUT2D eigenvalue weighted by Gasteiger charge is 2.23. The quantitative estimate of drug-likeness (QED) is 0.840. The van der Waals surface area contributed by atoms with Crippen LogP contribution in [0, 0.1) is 5.92 Å². The van der Waals surface area contributed by atoms with E-state index < -0.39 is 0 Å². The number of halogens is 1. The van der Waals surface area contributed by atoms with Crippen LogP contribution in [0.3, 0.4) is 0 Å². The largest absolute Gasteiger partial charge is 0.397 e. The third-order valence-corrected chi connectivity index (χ3v) is 3.44. The SMILES string of the molecule is CN(CC1CCC1)C(=O)c1cc(Cl)ncc1N. The monoisotopic (exact) mass is 253 g/mol. The molecule has 2 N–H and O–H groups in total. The van der Waals surface area contributed by atoms with Gasteiger partial charge in [0.25, 0.3) is 5.91 Å². The number of nitrogen functional groups attached to an aromatic ring is 1. The van der Waals surface area contributed by atoms with Gasteiger partial charge in [0.05, 0.1) is 17.4 Å². The van der Waals surface area contributed by atoms with Crippen molar-refractivity contribution in [1.82, 2.24) is 9.88 Å². The highest BCUT2D eigenvalue weighted by atomic mass is 35.5. The third kappa shape index (κ3) is 2.69. The highest BCUT2D eigenvalue weighted by Crippen LogP contribution is 2.27. The summed E-state index contributed by atoms with van der Waals surface area (Å²) >= 11 is 5.77. The minimum atomic E-state index is -0.0845. The smallest absolute Gasteiger partial charge is 0.255 e. The Labute approximate surface area is 106 Å². The lowest BCUT2D eigenvalue weighted by molar-refractivity contribution is 0.0746. The van der Waals surface area contributed by atoms with Gasteiger partial charge < -0.3 is 10.6 Å². The summed E-state index contributed by atoms with van der Waals surface area (Å²) < 4.78 is 0. The summed E-state index contributed by atoms with van der Waals surface area (Å²) in [5.74, 6) is 0.557. The van der Waals surface area contributed by atoms with Crippen molar-refractivity contribution >= 4 is 23.2 Å². The molecule has 0 unspecified atom stereocenters. The molecule has 1 amide bonds. The fraction of sp³-hybridized carbons (Fsp3) is 0.500. The molecular weight excluding hydrogens is 238 g/mol. The maximum absolute atomic E-state index is 12.2. The maximum atomic E-state index is 12.2. The van der Waals surface area contributed by atoms with Crippen molar-refractivity contribution in [2.24, 2.45) is 5.92 Å². The molecule has 1 aliphatic carbocycles. The van der Waals surface area contributed by atoms with Crippen LogP contribution in [-0.4, -0.2) is 29.4 Å². The van der Waals surface area contributed by atoms with Crippen LogP contribution in [-0.2, 0) is 0 Å². The van der Waals surface area contributed by atoms with E-state index in [0.717, 1.165) is 6.54 Å². The van der Waals surface area contributed by atoms with Gasteiger partial charge in [-0.3, -0.25) is 4.79 Å². The van der Waals surface area contributed by atoms with Gasteiger partial charge in [-0.2, -0.15) is 0 Å². The number of aromatic nitrogens is 1. The second-order valence-electron chi connectivity index (χ2n) is 4.58. The van der Waals surface area contributed by atoms with Crippen LogP contribution in [0.5, 0.6) is 0 Å². The first kappa shape index (κ1) is 12.2.